The maximum atomic E-state index is 11.5. The molecule has 1 aliphatic heterocycles. The summed E-state index contributed by atoms with van der Waals surface area (Å²) >= 11 is 0. The number of carbonyl (C=O) groups is 1. The van der Waals surface area contributed by atoms with Crippen molar-refractivity contribution in [1.29, 1.82) is 0 Å². The SMILES string of the molecule is C=C(C)CCOCC(=O)C1CCOC1. The third-order valence-electron chi connectivity index (χ3n) is 2.30. The van der Waals surface area contributed by atoms with Gasteiger partial charge in [-0.05, 0) is 19.8 Å². The molecule has 14 heavy (non-hydrogen) atoms. The van der Waals surface area contributed by atoms with Crippen LogP contribution in [0.5, 0.6) is 0 Å². The minimum absolute atomic E-state index is 0.0693. The van der Waals surface area contributed by atoms with Crippen molar-refractivity contribution in [3.05, 3.63) is 12.2 Å². The molecule has 0 radical (unpaired) electrons. The van der Waals surface area contributed by atoms with E-state index in [9.17, 15) is 4.79 Å². The highest BCUT2D eigenvalue weighted by molar-refractivity contribution is 5.82. The molecule has 3 nitrogen and oxygen atoms in total. The Balaban J connectivity index is 2.05. The van der Waals surface area contributed by atoms with Gasteiger partial charge < -0.3 is 9.47 Å². The lowest BCUT2D eigenvalue weighted by atomic mass is 10.0. The van der Waals surface area contributed by atoms with Gasteiger partial charge in [0, 0.05) is 12.5 Å². The fourth-order valence-electron chi connectivity index (χ4n) is 1.33. The summed E-state index contributed by atoms with van der Waals surface area (Å²) in [6, 6.07) is 0. The molecule has 1 saturated heterocycles. The van der Waals surface area contributed by atoms with Crippen LogP contribution in [-0.2, 0) is 14.3 Å². The Hall–Kier alpha value is -0.670. The zero-order chi connectivity index (χ0) is 10.4. The van der Waals surface area contributed by atoms with Crippen LogP contribution >= 0.6 is 0 Å². The molecule has 80 valence electrons. The van der Waals surface area contributed by atoms with Gasteiger partial charge in [-0.2, -0.15) is 0 Å². The maximum absolute atomic E-state index is 11.5. The van der Waals surface area contributed by atoms with Gasteiger partial charge in [-0.1, -0.05) is 5.57 Å². The number of hydrogen-bond acceptors (Lipinski definition) is 3. The van der Waals surface area contributed by atoms with E-state index in [1.807, 2.05) is 6.92 Å². The van der Waals surface area contributed by atoms with E-state index < -0.39 is 0 Å². The Morgan fingerprint density at radius 2 is 2.43 bits per heavy atom. The van der Waals surface area contributed by atoms with E-state index in [2.05, 4.69) is 6.58 Å². The van der Waals surface area contributed by atoms with E-state index >= 15 is 0 Å². The van der Waals surface area contributed by atoms with Crippen molar-refractivity contribution in [2.75, 3.05) is 26.4 Å². The molecule has 1 fully saturated rings. The molecule has 0 bridgehead atoms. The molecule has 0 aromatic carbocycles. The van der Waals surface area contributed by atoms with Crippen molar-refractivity contribution in [3.63, 3.8) is 0 Å². The summed E-state index contributed by atoms with van der Waals surface area (Å²) in [5.41, 5.74) is 1.08. The van der Waals surface area contributed by atoms with Gasteiger partial charge in [0.1, 0.15) is 6.61 Å². The second-order valence-corrected chi connectivity index (χ2v) is 3.79. The van der Waals surface area contributed by atoms with Crippen molar-refractivity contribution in [2.45, 2.75) is 19.8 Å². The second kappa shape index (κ2) is 5.94. The van der Waals surface area contributed by atoms with E-state index in [1.54, 1.807) is 0 Å². The molecule has 0 amide bonds. The topological polar surface area (TPSA) is 35.5 Å². The fraction of sp³-hybridized carbons (Fsp3) is 0.727. The van der Waals surface area contributed by atoms with E-state index in [0.29, 0.717) is 19.8 Å². The van der Waals surface area contributed by atoms with Crippen LogP contribution in [0.2, 0.25) is 0 Å². The van der Waals surface area contributed by atoms with Crippen LogP contribution in [0.3, 0.4) is 0 Å². The van der Waals surface area contributed by atoms with Gasteiger partial charge in [-0.15, -0.1) is 6.58 Å². The average molecular weight is 198 g/mol. The molecule has 0 saturated carbocycles. The number of Topliss-reactive ketones (excluding diaryl/α,β-unsaturated/α-hetero) is 1. The van der Waals surface area contributed by atoms with E-state index in [-0.39, 0.29) is 18.3 Å². The Kier molecular flexibility index (Phi) is 4.84. The largest absolute Gasteiger partial charge is 0.381 e. The van der Waals surface area contributed by atoms with E-state index in [0.717, 1.165) is 18.4 Å². The van der Waals surface area contributed by atoms with Crippen LogP contribution in [-0.4, -0.2) is 32.2 Å². The first-order valence-corrected chi connectivity index (χ1v) is 5.02. The molecule has 3 heteroatoms. The maximum Gasteiger partial charge on any atom is 0.163 e. The van der Waals surface area contributed by atoms with Gasteiger partial charge >= 0.3 is 0 Å². The summed E-state index contributed by atoms with van der Waals surface area (Å²) in [5, 5.41) is 0. The predicted octanol–water partition coefficient (Wildman–Crippen LogP) is 1.57. The van der Waals surface area contributed by atoms with Crippen molar-refractivity contribution in [3.8, 4) is 0 Å². The number of hydrogen-bond donors (Lipinski definition) is 0. The average Bonchev–Trinajstić information content (AvgIpc) is 2.64. The smallest absolute Gasteiger partial charge is 0.163 e. The lowest BCUT2D eigenvalue weighted by Crippen LogP contribution is -2.20. The van der Waals surface area contributed by atoms with Crippen LogP contribution < -0.4 is 0 Å². The number of ether oxygens (including phenoxy) is 2. The van der Waals surface area contributed by atoms with Crippen LogP contribution in [0.1, 0.15) is 19.8 Å². The van der Waals surface area contributed by atoms with Crippen LogP contribution in [0.15, 0.2) is 12.2 Å². The lowest BCUT2D eigenvalue weighted by molar-refractivity contribution is -0.127. The summed E-state index contributed by atoms with van der Waals surface area (Å²) in [4.78, 5) is 11.5. The normalized spacial score (nSPS) is 21.1. The molecule has 0 N–H and O–H groups in total. The van der Waals surface area contributed by atoms with Gasteiger partial charge in [-0.3, -0.25) is 4.79 Å². The standard InChI is InChI=1S/C11H18O3/c1-9(2)3-5-14-8-11(12)10-4-6-13-7-10/h10H,1,3-8H2,2H3. The van der Waals surface area contributed by atoms with E-state index in [1.165, 1.54) is 0 Å². The van der Waals surface area contributed by atoms with Crippen molar-refractivity contribution in [2.24, 2.45) is 5.92 Å². The summed E-state index contributed by atoms with van der Waals surface area (Å²) in [6.45, 7) is 7.82. The molecule has 1 unspecified atom stereocenters. The first kappa shape index (κ1) is 11.4. The molecule has 1 atom stereocenters. The molecule has 0 spiro atoms. The third-order valence-corrected chi connectivity index (χ3v) is 2.30. The van der Waals surface area contributed by atoms with Crippen molar-refractivity contribution < 1.29 is 14.3 Å². The van der Waals surface area contributed by atoms with Gasteiger partial charge in [0.2, 0.25) is 0 Å². The summed E-state index contributed by atoms with van der Waals surface area (Å²) in [7, 11) is 0. The highest BCUT2D eigenvalue weighted by atomic mass is 16.5. The third kappa shape index (κ3) is 4.03. The molecular formula is C11H18O3. The first-order valence-electron chi connectivity index (χ1n) is 5.02. The Bertz CT molecular complexity index is 205. The molecule has 0 aromatic rings. The zero-order valence-corrected chi connectivity index (χ0v) is 8.75. The van der Waals surface area contributed by atoms with Gasteiger partial charge in [0.15, 0.2) is 5.78 Å². The number of ketones is 1. The number of carbonyl (C=O) groups excluding carboxylic acids is 1. The van der Waals surface area contributed by atoms with E-state index in [4.69, 9.17) is 9.47 Å². The summed E-state index contributed by atoms with van der Waals surface area (Å²) in [5.74, 6) is 0.240. The minimum Gasteiger partial charge on any atom is -0.381 e. The fourth-order valence-corrected chi connectivity index (χ4v) is 1.33. The molecule has 1 heterocycles. The highest BCUT2D eigenvalue weighted by Gasteiger charge is 2.22. The van der Waals surface area contributed by atoms with Crippen LogP contribution in [0.25, 0.3) is 0 Å². The molecule has 0 aliphatic carbocycles. The first-order chi connectivity index (χ1) is 6.70. The molecule has 0 aromatic heterocycles. The zero-order valence-electron chi connectivity index (χ0n) is 8.75. The highest BCUT2D eigenvalue weighted by Crippen LogP contribution is 2.13. The van der Waals surface area contributed by atoms with Crippen molar-refractivity contribution in [1.82, 2.24) is 0 Å². The van der Waals surface area contributed by atoms with Crippen LogP contribution in [0, 0.1) is 5.92 Å². The Labute approximate surface area is 85.1 Å². The Morgan fingerprint density at radius 1 is 1.64 bits per heavy atom. The van der Waals surface area contributed by atoms with Crippen LogP contribution in [0.4, 0.5) is 0 Å². The quantitative estimate of drug-likeness (QED) is 0.480. The van der Waals surface area contributed by atoms with Gasteiger partial charge in [-0.25, -0.2) is 0 Å². The molecular weight excluding hydrogens is 180 g/mol. The number of rotatable bonds is 6. The van der Waals surface area contributed by atoms with Crippen molar-refractivity contribution >= 4 is 5.78 Å². The molecule has 1 rings (SSSR count). The second-order valence-electron chi connectivity index (χ2n) is 3.79. The summed E-state index contributed by atoms with van der Waals surface area (Å²) < 4.78 is 10.4. The lowest BCUT2D eigenvalue weighted by Gasteiger charge is -2.07. The Morgan fingerprint density at radius 3 is 3.00 bits per heavy atom. The minimum atomic E-state index is 0.0693. The van der Waals surface area contributed by atoms with Gasteiger partial charge in [0.05, 0.1) is 13.2 Å². The van der Waals surface area contributed by atoms with Gasteiger partial charge in [0.25, 0.3) is 0 Å². The molecule has 1 aliphatic rings. The monoisotopic (exact) mass is 198 g/mol. The summed E-state index contributed by atoms with van der Waals surface area (Å²) in [6.07, 6.45) is 1.68. The predicted molar refractivity (Wildman–Crippen MR) is 54.2 cm³/mol.